The van der Waals surface area contributed by atoms with E-state index in [0.29, 0.717) is 17.8 Å². The van der Waals surface area contributed by atoms with E-state index in [2.05, 4.69) is 74.4 Å². The molecular weight excluding hydrogens is 276 g/mol. The summed E-state index contributed by atoms with van der Waals surface area (Å²) in [6.45, 7) is 21.0. The quantitative estimate of drug-likeness (QED) is 0.552. The van der Waals surface area contributed by atoms with E-state index in [1.54, 1.807) is 22.3 Å². The number of hydrogen-bond acceptors (Lipinski definition) is 0. The van der Waals surface area contributed by atoms with E-state index >= 15 is 0 Å². The zero-order valence-electron chi connectivity index (χ0n) is 16.6. The zero-order valence-corrected chi connectivity index (χ0v) is 16.6. The van der Waals surface area contributed by atoms with E-state index in [-0.39, 0.29) is 0 Å². The summed E-state index contributed by atoms with van der Waals surface area (Å²) in [5.74, 6) is 1.70. The molecule has 0 radical (unpaired) electrons. The highest BCUT2D eigenvalue weighted by Crippen LogP contribution is 2.43. The van der Waals surface area contributed by atoms with Crippen LogP contribution in [0.5, 0.6) is 0 Å². The molecule has 2 rings (SSSR count). The third-order valence-corrected chi connectivity index (χ3v) is 5.32. The molecule has 23 heavy (non-hydrogen) atoms. The van der Waals surface area contributed by atoms with Gasteiger partial charge >= 0.3 is 0 Å². The summed E-state index contributed by atoms with van der Waals surface area (Å²) in [7, 11) is 0. The lowest BCUT2D eigenvalue weighted by Crippen LogP contribution is -2.11. The van der Waals surface area contributed by atoms with Crippen molar-refractivity contribution in [2.45, 2.75) is 86.5 Å². The van der Waals surface area contributed by atoms with Gasteiger partial charge in [0.15, 0.2) is 0 Å². The van der Waals surface area contributed by atoms with Gasteiger partial charge in [-0.25, -0.2) is 0 Å². The van der Waals surface area contributed by atoms with Crippen LogP contribution in [0.25, 0.3) is 10.8 Å². The van der Waals surface area contributed by atoms with Crippen molar-refractivity contribution in [3.05, 3.63) is 45.5 Å². The fraction of sp³-hybridized carbons (Fsp3) is 0.565. The average Bonchev–Trinajstić information content (AvgIpc) is 2.47. The van der Waals surface area contributed by atoms with Crippen LogP contribution in [-0.2, 0) is 6.42 Å². The Labute approximate surface area is 143 Å². The van der Waals surface area contributed by atoms with Crippen molar-refractivity contribution in [1.29, 1.82) is 0 Å². The minimum Gasteiger partial charge on any atom is -0.0613 e. The highest BCUT2D eigenvalue weighted by molar-refractivity contribution is 5.95. The Balaban J connectivity index is 3.17. The summed E-state index contributed by atoms with van der Waals surface area (Å²) in [5, 5.41) is 3.03. The minimum atomic E-state index is 0.556. The Hall–Kier alpha value is -1.30. The molecular formula is C23H34. The van der Waals surface area contributed by atoms with Crippen LogP contribution in [0.2, 0.25) is 0 Å². The van der Waals surface area contributed by atoms with Crippen molar-refractivity contribution in [1.82, 2.24) is 0 Å². The van der Waals surface area contributed by atoms with Crippen LogP contribution >= 0.6 is 0 Å². The van der Waals surface area contributed by atoms with Gasteiger partial charge in [-0.3, -0.25) is 0 Å². The van der Waals surface area contributed by atoms with Gasteiger partial charge in [-0.2, -0.15) is 0 Å². The van der Waals surface area contributed by atoms with Gasteiger partial charge in [-0.15, -0.1) is 0 Å². The Kier molecular flexibility index (Phi) is 5.23. The van der Waals surface area contributed by atoms with Gasteiger partial charge < -0.3 is 0 Å². The second-order valence-electron chi connectivity index (χ2n) is 7.97. The Morgan fingerprint density at radius 1 is 0.739 bits per heavy atom. The fourth-order valence-electron chi connectivity index (χ4n) is 4.29. The van der Waals surface area contributed by atoms with Crippen molar-refractivity contribution >= 4 is 10.8 Å². The van der Waals surface area contributed by atoms with Gasteiger partial charge in [0, 0.05) is 0 Å². The molecule has 0 fully saturated rings. The maximum atomic E-state index is 2.38. The molecule has 0 nitrogen and oxygen atoms in total. The van der Waals surface area contributed by atoms with E-state index in [1.165, 1.54) is 21.9 Å². The standard InChI is InChI=1S/C23H34/c1-10-18-20(13(2)3)22(15(6)7)21(14(4)5)19-12-11-16(8)17(9)23(18)19/h11-15H,10H2,1-9H3. The minimum absolute atomic E-state index is 0.556. The van der Waals surface area contributed by atoms with Crippen LogP contribution in [0.4, 0.5) is 0 Å². The van der Waals surface area contributed by atoms with Crippen molar-refractivity contribution < 1.29 is 0 Å². The smallest absolute Gasteiger partial charge is 0.0114 e. The topological polar surface area (TPSA) is 0 Å². The molecule has 0 bridgehead atoms. The number of aryl methyl sites for hydroxylation is 3. The Morgan fingerprint density at radius 2 is 1.26 bits per heavy atom. The molecule has 2 aromatic rings. The predicted molar refractivity (Wildman–Crippen MR) is 105 cm³/mol. The first-order valence-electron chi connectivity index (χ1n) is 9.30. The van der Waals surface area contributed by atoms with Crippen molar-refractivity contribution in [2.75, 3.05) is 0 Å². The summed E-state index contributed by atoms with van der Waals surface area (Å²) in [4.78, 5) is 0. The molecule has 0 spiro atoms. The molecule has 2 aromatic carbocycles. The van der Waals surface area contributed by atoms with Gasteiger partial charge in [0.25, 0.3) is 0 Å². The molecule has 126 valence electrons. The number of fused-ring (bicyclic) bond motifs is 1. The normalized spacial score (nSPS) is 12.2. The molecule has 0 heterocycles. The number of benzene rings is 2. The van der Waals surface area contributed by atoms with Gasteiger partial charge in [-0.1, -0.05) is 60.6 Å². The third kappa shape index (κ3) is 2.93. The van der Waals surface area contributed by atoms with Gasteiger partial charge in [0.1, 0.15) is 0 Å². The molecule has 0 heteroatoms. The summed E-state index contributed by atoms with van der Waals surface area (Å²) in [5.41, 5.74) is 9.28. The first kappa shape index (κ1) is 18.0. The van der Waals surface area contributed by atoms with Crippen molar-refractivity contribution in [3.63, 3.8) is 0 Å². The fourth-order valence-corrected chi connectivity index (χ4v) is 4.29. The molecule has 0 amide bonds. The summed E-state index contributed by atoms with van der Waals surface area (Å²) < 4.78 is 0. The maximum Gasteiger partial charge on any atom is -0.0114 e. The van der Waals surface area contributed by atoms with E-state index in [9.17, 15) is 0 Å². The lowest BCUT2D eigenvalue weighted by molar-refractivity contribution is 0.746. The number of hydrogen-bond donors (Lipinski definition) is 0. The van der Waals surface area contributed by atoms with Gasteiger partial charge in [-0.05, 0) is 82.2 Å². The van der Waals surface area contributed by atoms with E-state index in [0.717, 1.165) is 6.42 Å². The average molecular weight is 311 g/mol. The molecule has 0 saturated carbocycles. The van der Waals surface area contributed by atoms with E-state index in [4.69, 9.17) is 0 Å². The van der Waals surface area contributed by atoms with Crippen molar-refractivity contribution in [2.24, 2.45) is 0 Å². The lowest BCUT2D eigenvalue weighted by Gasteiger charge is -2.29. The summed E-state index contributed by atoms with van der Waals surface area (Å²) >= 11 is 0. The molecule has 0 atom stereocenters. The van der Waals surface area contributed by atoms with Crippen molar-refractivity contribution in [3.8, 4) is 0 Å². The first-order valence-corrected chi connectivity index (χ1v) is 9.30. The van der Waals surface area contributed by atoms with E-state index < -0.39 is 0 Å². The van der Waals surface area contributed by atoms with Crippen LogP contribution in [0.15, 0.2) is 12.1 Å². The lowest BCUT2D eigenvalue weighted by atomic mass is 9.75. The second kappa shape index (κ2) is 6.67. The Morgan fingerprint density at radius 3 is 1.70 bits per heavy atom. The van der Waals surface area contributed by atoms with Crippen LogP contribution < -0.4 is 0 Å². The third-order valence-electron chi connectivity index (χ3n) is 5.32. The maximum absolute atomic E-state index is 2.38. The van der Waals surface area contributed by atoms with Crippen LogP contribution in [-0.4, -0.2) is 0 Å². The molecule has 0 aliphatic rings. The first-order chi connectivity index (χ1) is 10.7. The van der Waals surface area contributed by atoms with Crippen LogP contribution in [0, 0.1) is 13.8 Å². The predicted octanol–water partition coefficient (Wildman–Crippen LogP) is 7.39. The largest absolute Gasteiger partial charge is 0.0613 e. The highest BCUT2D eigenvalue weighted by atomic mass is 14.3. The van der Waals surface area contributed by atoms with E-state index in [1.807, 2.05) is 0 Å². The molecule has 0 N–H and O–H groups in total. The second-order valence-corrected chi connectivity index (χ2v) is 7.97. The molecule has 0 aliphatic heterocycles. The summed E-state index contributed by atoms with van der Waals surface area (Å²) in [6, 6.07) is 4.68. The summed E-state index contributed by atoms with van der Waals surface area (Å²) in [6.07, 6.45) is 1.12. The van der Waals surface area contributed by atoms with Crippen LogP contribution in [0.3, 0.4) is 0 Å². The monoisotopic (exact) mass is 310 g/mol. The Bertz CT molecular complexity index is 715. The number of rotatable bonds is 4. The molecule has 0 aromatic heterocycles. The van der Waals surface area contributed by atoms with Gasteiger partial charge in [0.2, 0.25) is 0 Å². The van der Waals surface area contributed by atoms with Crippen LogP contribution in [0.1, 0.15) is 99.6 Å². The molecule has 0 unspecified atom stereocenters. The molecule has 0 saturated heterocycles. The van der Waals surface area contributed by atoms with Gasteiger partial charge in [0.05, 0.1) is 0 Å². The highest BCUT2D eigenvalue weighted by Gasteiger charge is 2.24. The zero-order chi connectivity index (χ0) is 17.5. The molecule has 0 aliphatic carbocycles. The SMILES string of the molecule is CCc1c(C(C)C)c(C(C)C)c(C(C)C)c2ccc(C)c(C)c12.